The highest BCUT2D eigenvalue weighted by molar-refractivity contribution is 5.45. The topological polar surface area (TPSA) is 60.0 Å². The van der Waals surface area contributed by atoms with Crippen LogP contribution in [0.2, 0.25) is 0 Å². The van der Waals surface area contributed by atoms with Crippen LogP contribution in [0, 0.1) is 5.92 Å². The van der Waals surface area contributed by atoms with Gasteiger partial charge < -0.3 is 24.6 Å². The fourth-order valence-electron chi connectivity index (χ4n) is 2.16. The molecule has 20 heavy (non-hydrogen) atoms. The van der Waals surface area contributed by atoms with Crippen LogP contribution in [0.1, 0.15) is 24.5 Å². The van der Waals surface area contributed by atoms with E-state index in [4.69, 9.17) is 14.2 Å². The summed E-state index contributed by atoms with van der Waals surface area (Å²) in [4.78, 5) is 0. The van der Waals surface area contributed by atoms with Gasteiger partial charge in [0.25, 0.3) is 0 Å². The Morgan fingerprint density at radius 1 is 1.30 bits per heavy atom. The van der Waals surface area contributed by atoms with E-state index < -0.39 is 6.10 Å². The quantitative estimate of drug-likeness (QED) is 0.706. The minimum Gasteiger partial charge on any atom is -0.454 e. The van der Waals surface area contributed by atoms with Crippen molar-refractivity contribution in [3.05, 3.63) is 23.8 Å². The Kier molecular flexibility index (Phi) is 4.40. The lowest BCUT2D eigenvalue weighted by molar-refractivity contribution is 0.119. The number of aliphatic hydroxyl groups is 1. The van der Waals surface area contributed by atoms with Gasteiger partial charge in [-0.25, -0.2) is 0 Å². The number of benzene rings is 1. The van der Waals surface area contributed by atoms with Crippen molar-refractivity contribution in [1.82, 2.24) is 5.32 Å². The first kappa shape index (κ1) is 13.7. The Balaban J connectivity index is 1.36. The van der Waals surface area contributed by atoms with E-state index in [1.165, 1.54) is 12.8 Å². The molecular weight excluding hydrogens is 258 g/mol. The summed E-state index contributed by atoms with van der Waals surface area (Å²) in [6.07, 6.45) is 2.08. The lowest BCUT2D eigenvalue weighted by Gasteiger charge is -2.13. The predicted octanol–water partition coefficient (Wildman–Crippen LogP) is 1.46. The molecule has 5 nitrogen and oxygen atoms in total. The largest absolute Gasteiger partial charge is 0.454 e. The standard InChI is InChI=1S/C15H21NO4/c17-13(8-16-5-6-18-9-11-1-2-11)12-3-4-14-15(7-12)20-10-19-14/h3-4,7,11,13,16-17H,1-2,5-6,8-10H2. The maximum Gasteiger partial charge on any atom is 0.231 e. The minimum absolute atomic E-state index is 0.255. The van der Waals surface area contributed by atoms with E-state index in [0.29, 0.717) is 18.9 Å². The highest BCUT2D eigenvalue weighted by Crippen LogP contribution is 2.34. The third-order valence-electron chi connectivity index (χ3n) is 3.59. The average molecular weight is 279 g/mol. The SMILES string of the molecule is OC(CNCCOCC1CC1)c1ccc2c(c1)OCO2. The number of aliphatic hydroxyl groups excluding tert-OH is 1. The highest BCUT2D eigenvalue weighted by Gasteiger charge is 2.21. The normalized spacial score (nSPS) is 18.2. The third kappa shape index (κ3) is 3.62. The maximum atomic E-state index is 10.1. The summed E-state index contributed by atoms with van der Waals surface area (Å²) >= 11 is 0. The van der Waals surface area contributed by atoms with Gasteiger partial charge in [-0.15, -0.1) is 0 Å². The number of hydrogen-bond donors (Lipinski definition) is 2. The van der Waals surface area contributed by atoms with E-state index >= 15 is 0 Å². The highest BCUT2D eigenvalue weighted by atomic mass is 16.7. The van der Waals surface area contributed by atoms with Crippen molar-refractivity contribution in [2.24, 2.45) is 5.92 Å². The van der Waals surface area contributed by atoms with Crippen molar-refractivity contribution >= 4 is 0 Å². The van der Waals surface area contributed by atoms with Crippen LogP contribution in [-0.4, -0.2) is 38.2 Å². The first-order valence-corrected chi connectivity index (χ1v) is 7.19. The summed E-state index contributed by atoms with van der Waals surface area (Å²) in [5.74, 6) is 2.24. The molecule has 1 aromatic carbocycles. The first-order chi connectivity index (χ1) is 9.83. The molecule has 0 saturated heterocycles. The van der Waals surface area contributed by atoms with Crippen molar-refractivity contribution in [3.8, 4) is 11.5 Å². The molecule has 1 aliphatic heterocycles. The van der Waals surface area contributed by atoms with Gasteiger partial charge in [-0.1, -0.05) is 6.07 Å². The molecule has 5 heteroatoms. The molecule has 2 aliphatic rings. The van der Waals surface area contributed by atoms with Crippen molar-refractivity contribution in [2.45, 2.75) is 18.9 Å². The van der Waals surface area contributed by atoms with Crippen LogP contribution in [0.5, 0.6) is 11.5 Å². The fraction of sp³-hybridized carbons (Fsp3) is 0.600. The lowest BCUT2D eigenvalue weighted by atomic mass is 10.1. The van der Waals surface area contributed by atoms with Crippen LogP contribution in [0.25, 0.3) is 0 Å². The van der Waals surface area contributed by atoms with Crippen molar-refractivity contribution in [3.63, 3.8) is 0 Å². The number of rotatable bonds is 8. The van der Waals surface area contributed by atoms with Gasteiger partial charge in [0, 0.05) is 19.7 Å². The zero-order valence-electron chi connectivity index (χ0n) is 11.5. The average Bonchev–Trinajstić information content (AvgIpc) is 3.17. The first-order valence-electron chi connectivity index (χ1n) is 7.19. The minimum atomic E-state index is -0.548. The van der Waals surface area contributed by atoms with Crippen molar-refractivity contribution in [2.75, 3.05) is 33.1 Å². The lowest BCUT2D eigenvalue weighted by Crippen LogP contribution is -2.25. The molecular formula is C15H21NO4. The van der Waals surface area contributed by atoms with E-state index in [-0.39, 0.29) is 6.79 Å². The summed E-state index contributed by atoms with van der Waals surface area (Å²) in [6, 6.07) is 5.53. The Hall–Kier alpha value is -1.30. The molecule has 1 aliphatic carbocycles. The summed E-state index contributed by atoms with van der Waals surface area (Å²) in [5.41, 5.74) is 0.834. The van der Waals surface area contributed by atoms with Gasteiger partial charge in [-0.05, 0) is 36.5 Å². The number of nitrogens with one attached hydrogen (secondary N) is 1. The van der Waals surface area contributed by atoms with E-state index in [1.807, 2.05) is 18.2 Å². The number of hydrogen-bond acceptors (Lipinski definition) is 5. The molecule has 2 N–H and O–H groups in total. The van der Waals surface area contributed by atoms with Gasteiger partial charge in [0.2, 0.25) is 6.79 Å². The molecule has 0 spiro atoms. The van der Waals surface area contributed by atoms with Crippen LogP contribution in [0.3, 0.4) is 0 Å². The Labute approximate surface area is 118 Å². The number of fused-ring (bicyclic) bond motifs is 1. The van der Waals surface area contributed by atoms with Gasteiger partial charge in [-0.2, -0.15) is 0 Å². The fourth-order valence-corrected chi connectivity index (χ4v) is 2.16. The van der Waals surface area contributed by atoms with E-state index in [9.17, 15) is 5.11 Å². The van der Waals surface area contributed by atoms with Gasteiger partial charge in [-0.3, -0.25) is 0 Å². The second kappa shape index (κ2) is 6.43. The molecule has 1 fully saturated rings. The summed E-state index contributed by atoms with van der Waals surface area (Å²) < 4.78 is 16.1. The molecule has 0 bridgehead atoms. The molecule has 0 aromatic heterocycles. The summed E-state index contributed by atoms with van der Waals surface area (Å²) in [7, 11) is 0. The number of ether oxygens (including phenoxy) is 3. The van der Waals surface area contributed by atoms with Gasteiger partial charge in [0.05, 0.1) is 12.7 Å². The summed E-state index contributed by atoms with van der Waals surface area (Å²) in [6.45, 7) is 3.10. The van der Waals surface area contributed by atoms with E-state index in [2.05, 4.69) is 5.32 Å². The zero-order valence-corrected chi connectivity index (χ0v) is 11.5. The molecule has 0 radical (unpaired) electrons. The smallest absolute Gasteiger partial charge is 0.231 e. The maximum absolute atomic E-state index is 10.1. The molecule has 1 heterocycles. The molecule has 110 valence electrons. The van der Waals surface area contributed by atoms with Crippen LogP contribution in [0.15, 0.2) is 18.2 Å². The van der Waals surface area contributed by atoms with E-state index in [0.717, 1.165) is 30.4 Å². The van der Waals surface area contributed by atoms with Crippen molar-refractivity contribution in [1.29, 1.82) is 0 Å². The van der Waals surface area contributed by atoms with Crippen LogP contribution >= 0.6 is 0 Å². The molecule has 1 unspecified atom stereocenters. The van der Waals surface area contributed by atoms with Gasteiger partial charge in [0.1, 0.15) is 0 Å². The monoisotopic (exact) mass is 279 g/mol. The molecule has 0 amide bonds. The molecule has 3 rings (SSSR count). The second-order valence-corrected chi connectivity index (χ2v) is 5.35. The third-order valence-corrected chi connectivity index (χ3v) is 3.59. The van der Waals surface area contributed by atoms with E-state index in [1.54, 1.807) is 0 Å². The Morgan fingerprint density at radius 2 is 2.15 bits per heavy atom. The molecule has 1 atom stereocenters. The zero-order chi connectivity index (χ0) is 13.8. The van der Waals surface area contributed by atoms with Gasteiger partial charge >= 0.3 is 0 Å². The summed E-state index contributed by atoms with van der Waals surface area (Å²) in [5, 5.41) is 13.3. The van der Waals surface area contributed by atoms with Crippen LogP contribution in [0.4, 0.5) is 0 Å². The van der Waals surface area contributed by atoms with Crippen LogP contribution < -0.4 is 14.8 Å². The predicted molar refractivity (Wildman–Crippen MR) is 73.9 cm³/mol. The molecule has 1 aromatic rings. The van der Waals surface area contributed by atoms with Gasteiger partial charge in [0.15, 0.2) is 11.5 Å². The van der Waals surface area contributed by atoms with Crippen molar-refractivity contribution < 1.29 is 19.3 Å². The van der Waals surface area contributed by atoms with Crippen LogP contribution in [-0.2, 0) is 4.74 Å². The second-order valence-electron chi connectivity index (χ2n) is 5.35. The molecule has 1 saturated carbocycles. The Morgan fingerprint density at radius 3 is 3.00 bits per heavy atom. The Bertz CT molecular complexity index is 447.